The summed E-state index contributed by atoms with van der Waals surface area (Å²) in [4.78, 5) is 0. The lowest BCUT2D eigenvalue weighted by molar-refractivity contribution is -0.0399. The first-order valence-corrected chi connectivity index (χ1v) is 6.68. The molecule has 1 aromatic carbocycles. The van der Waals surface area contributed by atoms with E-state index >= 15 is 0 Å². The van der Waals surface area contributed by atoms with E-state index in [0.717, 1.165) is 29.8 Å². The Kier molecular flexibility index (Phi) is 4.54. The van der Waals surface area contributed by atoms with Crippen LogP contribution in [0.15, 0.2) is 22.7 Å². The zero-order valence-corrected chi connectivity index (χ0v) is 11.5. The van der Waals surface area contributed by atoms with Gasteiger partial charge >= 0.3 is 0 Å². The van der Waals surface area contributed by atoms with Crippen LogP contribution in [0.2, 0.25) is 0 Å². The van der Waals surface area contributed by atoms with Crippen molar-refractivity contribution in [2.24, 2.45) is 5.92 Å². The maximum atomic E-state index is 13.4. The van der Waals surface area contributed by atoms with Crippen LogP contribution in [0.4, 0.5) is 4.39 Å². The first kappa shape index (κ1) is 13.0. The summed E-state index contributed by atoms with van der Waals surface area (Å²) in [5, 5.41) is 3.16. The second kappa shape index (κ2) is 5.94. The van der Waals surface area contributed by atoms with Crippen LogP contribution in [0.25, 0.3) is 0 Å². The highest BCUT2D eigenvalue weighted by molar-refractivity contribution is 9.10. The third kappa shape index (κ3) is 3.50. The van der Waals surface area contributed by atoms with Crippen LogP contribution in [0, 0.1) is 11.7 Å². The van der Waals surface area contributed by atoms with Crippen molar-refractivity contribution in [1.82, 2.24) is 5.32 Å². The van der Waals surface area contributed by atoms with E-state index in [0.29, 0.717) is 18.3 Å². The molecule has 0 amide bonds. The third-order valence-corrected chi connectivity index (χ3v) is 3.66. The fourth-order valence-electron chi connectivity index (χ4n) is 2.13. The van der Waals surface area contributed by atoms with Gasteiger partial charge in [0.1, 0.15) is 5.82 Å². The normalized spacial score (nSPS) is 23.5. The highest BCUT2D eigenvalue weighted by Crippen LogP contribution is 2.30. The second-order valence-corrected chi connectivity index (χ2v) is 5.48. The Labute approximate surface area is 110 Å². The lowest BCUT2D eigenvalue weighted by atomic mass is 9.82. The summed E-state index contributed by atoms with van der Waals surface area (Å²) in [6.07, 6.45) is 2.46. The van der Waals surface area contributed by atoms with E-state index in [4.69, 9.17) is 4.74 Å². The van der Waals surface area contributed by atoms with Crippen LogP contribution in [0.1, 0.15) is 18.4 Å². The number of hydrogen-bond donors (Lipinski definition) is 1. The monoisotopic (exact) mass is 301 g/mol. The van der Waals surface area contributed by atoms with E-state index in [1.165, 1.54) is 6.07 Å². The lowest BCUT2D eigenvalue weighted by Crippen LogP contribution is -2.36. The van der Waals surface area contributed by atoms with Gasteiger partial charge in [0.25, 0.3) is 0 Å². The molecule has 1 saturated carbocycles. The molecule has 0 spiro atoms. The number of halogens is 2. The smallest absolute Gasteiger partial charge is 0.128 e. The standard InChI is InChI=1S/C13H17BrFNO/c1-16-7-9-4-12(5-9)17-8-10-6-11(14)2-3-13(10)15/h2-3,6,9,12,16H,4-5,7-8H2,1H3. The molecule has 0 aromatic heterocycles. The van der Waals surface area contributed by atoms with Crippen LogP contribution >= 0.6 is 15.9 Å². The predicted octanol–water partition coefficient (Wildman–Crippen LogP) is 3.10. The molecular formula is C13H17BrFNO. The lowest BCUT2D eigenvalue weighted by Gasteiger charge is -2.35. The summed E-state index contributed by atoms with van der Waals surface area (Å²) in [6.45, 7) is 1.41. The average molecular weight is 302 g/mol. The van der Waals surface area contributed by atoms with Gasteiger partial charge in [0, 0.05) is 10.0 Å². The van der Waals surface area contributed by atoms with Crippen molar-refractivity contribution in [3.05, 3.63) is 34.1 Å². The number of hydrogen-bond acceptors (Lipinski definition) is 2. The Hall–Kier alpha value is -0.450. The van der Waals surface area contributed by atoms with Crippen molar-refractivity contribution < 1.29 is 9.13 Å². The predicted molar refractivity (Wildman–Crippen MR) is 69.3 cm³/mol. The molecule has 94 valence electrons. The number of nitrogens with one attached hydrogen (secondary N) is 1. The minimum atomic E-state index is -0.195. The highest BCUT2D eigenvalue weighted by atomic mass is 79.9. The molecular weight excluding hydrogens is 285 g/mol. The van der Waals surface area contributed by atoms with Crippen molar-refractivity contribution in [3.8, 4) is 0 Å². The molecule has 1 aliphatic rings. The van der Waals surface area contributed by atoms with Crippen LogP contribution in [-0.2, 0) is 11.3 Å². The fourth-order valence-corrected chi connectivity index (χ4v) is 2.54. The summed E-state index contributed by atoms with van der Waals surface area (Å²) >= 11 is 3.33. The molecule has 17 heavy (non-hydrogen) atoms. The van der Waals surface area contributed by atoms with Crippen LogP contribution in [0.3, 0.4) is 0 Å². The minimum Gasteiger partial charge on any atom is -0.373 e. The van der Waals surface area contributed by atoms with Crippen molar-refractivity contribution in [3.63, 3.8) is 0 Å². The Balaban J connectivity index is 1.77. The number of rotatable bonds is 5. The molecule has 4 heteroatoms. The van der Waals surface area contributed by atoms with Gasteiger partial charge in [-0.2, -0.15) is 0 Å². The quantitative estimate of drug-likeness (QED) is 0.902. The molecule has 0 radical (unpaired) electrons. The summed E-state index contributed by atoms with van der Waals surface area (Å²) in [7, 11) is 1.96. The Morgan fingerprint density at radius 2 is 2.24 bits per heavy atom. The second-order valence-electron chi connectivity index (χ2n) is 4.56. The molecule has 1 aromatic rings. The SMILES string of the molecule is CNCC1CC(OCc2cc(Br)ccc2F)C1. The summed E-state index contributed by atoms with van der Waals surface area (Å²) < 4.78 is 20.0. The van der Waals surface area contributed by atoms with Gasteiger partial charge in [-0.25, -0.2) is 4.39 Å². The topological polar surface area (TPSA) is 21.3 Å². The molecule has 0 aliphatic heterocycles. The molecule has 1 N–H and O–H groups in total. The first-order valence-electron chi connectivity index (χ1n) is 5.89. The van der Waals surface area contributed by atoms with Gasteiger partial charge < -0.3 is 10.1 Å². The van der Waals surface area contributed by atoms with Crippen LogP contribution in [-0.4, -0.2) is 19.7 Å². The highest BCUT2D eigenvalue weighted by Gasteiger charge is 2.29. The first-order chi connectivity index (χ1) is 8.19. The summed E-state index contributed by atoms with van der Waals surface area (Å²) in [6, 6.07) is 4.94. The molecule has 2 nitrogen and oxygen atoms in total. The van der Waals surface area contributed by atoms with Crippen molar-refractivity contribution >= 4 is 15.9 Å². The van der Waals surface area contributed by atoms with Crippen molar-refractivity contribution in [2.75, 3.05) is 13.6 Å². The van der Waals surface area contributed by atoms with Gasteiger partial charge in [-0.3, -0.25) is 0 Å². The number of ether oxygens (including phenoxy) is 1. The van der Waals surface area contributed by atoms with E-state index < -0.39 is 0 Å². The van der Waals surface area contributed by atoms with E-state index in [9.17, 15) is 4.39 Å². The zero-order valence-electron chi connectivity index (χ0n) is 9.88. The van der Waals surface area contributed by atoms with Gasteiger partial charge in [0.15, 0.2) is 0 Å². The molecule has 0 bridgehead atoms. The fraction of sp³-hybridized carbons (Fsp3) is 0.538. The largest absolute Gasteiger partial charge is 0.373 e. The molecule has 2 rings (SSSR count). The maximum absolute atomic E-state index is 13.4. The maximum Gasteiger partial charge on any atom is 0.128 e. The molecule has 0 unspecified atom stereocenters. The molecule has 0 saturated heterocycles. The van der Waals surface area contributed by atoms with E-state index in [-0.39, 0.29) is 5.82 Å². The average Bonchev–Trinajstić information content (AvgIpc) is 2.26. The summed E-state index contributed by atoms with van der Waals surface area (Å²) in [5.74, 6) is 0.525. The van der Waals surface area contributed by atoms with Gasteiger partial charge in [0.05, 0.1) is 12.7 Å². The zero-order chi connectivity index (χ0) is 12.3. The third-order valence-electron chi connectivity index (χ3n) is 3.17. The van der Waals surface area contributed by atoms with Gasteiger partial charge in [-0.05, 0) is 50.6 Å². The summed E-state index contributed by atoms with van der Waals surface area (Å²) in [5.41, 5.74) is 0.622. The van der Waals surface area contributed by atoms with Gasteiger partial charge in [0.2, 0.25) is 0 Å². The Morgan fingerprint density at radius 1 is 1.47 bits per heavy atom. The van der Waals surface area contributed by atoms with Crippen LogP contribution in [0.5, 0.6) is 0 Å². The Bertz CT molecular complexity index is 380. The van der Waals surface area contributed by atoms with Crippen LogP contribution < -0.4 is 5.32 Å². The van der Waals surface area contributed by atoms with Crippen molar-refractivity contribution in [2.45, 2.75) is 25.6 Å². The van der Waals surface area contributed by atoms with Crippen molar-refractivity contribution in [1.29, 1.82) is 0 Å². The van der Waals surface area contributed by atoms with Gasteiger partial charge in [-0.1, -0.05) is 15.9 Å². The molecule has 1 aliphatic carbocycles. The van der Waals surface area contributed by atoms with E-state index in [1.54, 1.807) is 12.1 Å². The molecule has 0 heterocycles. The Morgan fingerprint density at radius 3 is 2.94 bits per heavy atom. The van der Waals surface area contributed by atoms with E-state index in [2.05, 4.69) is 21.2 Å². The van der Waals surface area contributed by atoms with E-state index in [1.807, 2.05) is 7.05 Å². The minimum absolute atomic E-state index is 0.195. The molecule has 1 fully saturated rings. The number of benzene rings is 1. The molecule has 0 atom stereocenters. The van der Waals surface area contributed by atoms with Gasteiger partial charge in [-0.15, -0.1) is 0 Å².